The fourth-order valence-corrected chi connectivity index (χ4v) is 3.12. The zero-order valence-electron chi connectivity index (χ0n) is 18.0. The predicted octanol–water partition coefficient (Wildman–Crippen LogP) is 3.55. The van der Waals surface area contributed by atoms with Crippen LogP contribution in [0.1, 0.15) is 16.7 Å². The zero-order chi connectivity index (χ0) is 23.6. The first-order valence-electron chi connectivity index (χ1n) is 9.82. The molecular formula is C24H27NO6S. The van der Waals surface area contributed by atoms with Gasteiger partial charge in [-0.1, -0.05) is 60.2 Å². The molecule has 0 saturated heterocycles. The number of rotatable bonds is 7. The Bertz CT molecular complexity index is 1080. The number of esters is 1. The largest absolute Gasteiger partial charge is 0.497 e. The van der Waals surface area contributed by atoms with Gasteiger partial charge in [0, 0.05) is 0 Å². The lowest BCUT2D eigenvalue weighted by Gasteiger charge is -2.12. The summed E-state index contributed by atoms with van der Waals surface area (Å²) in [4.78, 5) is 11.8. The smallest absolute Gasteiger partial charge is 0.323 e. The Morgan fingerprint density at radius 2 is 1.53 bits per heavy atom. The van der Waals surface area contributed by atoms with Crippen LogP contribution in [0.4, 0.5) is 0 Å². The molecule has 0 aromatic heterocycles. The van der Waals surface area contributed by atoms with Crippen molar-refractivity contribution in [2.45, 2.75) is 30.9 Å². The van der Waals surface area contributed by atoms with Crippen LogP contribution in [-0.2, 0) is 32.7 Å². The Balaban J connectivity index is 0.000000278. The third kappa shape index (κ3) is 8.50. The molecule has 0 aliphatic carbocycles. The Labute approximate surface area is 188 Å². The Hall–Kier alpha value is -3.20. The summed E-state index contributed by atoms with van der Waals surface area (Å²) in [7, 11) is -2.41. The lowest BCUT2D eigenvalue weighted by Crippen LogP contribution is -2.34. The van der Waals surface area contributed by atoms with E-state index in [1.54, 1.807) is 19.2 Å². The second kappa shape index (κ2) is 12.0. The molecule has 3 aromatic carbocycles. The van der Waals surface area contributed by atoms with E-state index in [-0.39, 0.29) is 11.5 Å². The summed E-state index contributed by atoms with van der Waals surface area (Å²) in [5, 5.41) is 0. The van der Waals surface area contributed by atoms with Gasteiger partial charge in [0.2, 0.25) is 0 Å². The van der Waals surface area contributed by atoms with Crippen molar-refractivity contribution in [3.63, 3.8) is 0 Å². The quantitative estimate of drug-likeness (QED) is 0.412. The number of hydrogen-bond donors (Lipinski definition) is 2. The minimum absolute atomic E-state index is 0.0666. The molecule has 0 heterocycles. The Kier molecular flexibility index (Phi) is 9.39. The van der Waals surface area contributed by atoms with Crippen LogP contribution in [0, 0.1) is 6.92 Å². The number of nitrogens with two attached hydrogens (primary N) is 1. The summed E-state index contributed by atoms with van der Waals surface area (Å²) < 4.78 is 39.9. The highest BCUT2D eigenvalue weighted by molar-refractivity contribution is 7.85. The number of carbonyl (C=O) groups excluding carboxylic acids is 1. The summed E-state index contributed by atoms with van der Waals surface area (Å²) in [5.74, 6) is 0.383. The predicted molar refractivity (Wildman–Crippen MR) is 122 cm³/mol. The van der Waals surface area contributed by atoms with Gasteiger partial charge >= 0.3 is 5.97 Å². The first-order chi connectivity index (χ1) is 15.2. The van der Waals surface area contributed by atoms with Crippen molar-refractivity contribution in [1.82, 2.24) is 0 Å². The number of hydrogen-bond acceptors (Lipinski definition) is 6. The van der Waals surface area contributed by atoms with Gasteiger partial charge in [-0.2, -0.15) is 8.42 Å². The maximum Gasteiger partial charge on any atom is 0.323 e. The van der Waals surface area contributed by atoms with E-state index in [0.29, 0.717) is 6.42 Å². The number of methoxy groups -OCH3 is 1. The van der Waals surface area contributed by atoms with Crippen LogP contribution in [0.5, 0.6) is 5.75 Å². The van der Waals surface area contributed by atoms with Crippen molar-refractivity contribution < 1.29 is 27.2 Å². The van der Waals surface area contributed by atoms with E-state index in [4.69, 9.17) is 19.8 Å². The molecule has 0 spiro atoms. The third-order valence-electron chi connectivity index (χ3n) is 4.46. The van der Waals surface area contributed by atoms with E-state index < -0.39 is 22.1 Å². The summed E-state index contributed by atoms with van der Waals surface area (Å²) in [6, 6.07) is 22.3. The van der Waals surface area contributed by atoms with E-state index in [2.05, 4.69) is 0 Å². The molecule has 170 valence electrons. The Morgan fingerprint density at radius 3 is 2.06 bits per heavy atom. The van der Waals surface area contributed by atoms with Crippen molar-refractivity contribution in [1.29, 1.82) is 0 Å². The maximum atomic E-state index is 11.9. The zero-order valence-corrected chi connectivity index (χ0v) is 18.8. The highest BCUT2D eigenvalue weighted by atomic mass is 32.2. The van der Waals surface area contributed by atoms with Gasteiger partial charge in [-0.25, -0.2) is 0 Å². The topological polar surface area (TPSA) is 116 Å². The Morgan fingerprint density at radius 1 is 0.938 bits per heavy atom. The SMILES string of the molecule is COc1ccc(C[C@H](N)C(=O)OCc2ccccc2)cc1.Cc1ccc(S(=O)(=O)O)cc1. The van der Waals surface area contributed by atoms with E-state index in [9.17, 15) is 13.2 Å². The molecule has 1 atom stereocenters. The van der Waals surface area contributed by atoms with Crippen LogP contribution in [0.2, 0.25) is 0 Å². The highest BCUT2D eigenvalue weighted by Gasteiger charge is 2.15. The monoisotopic (exact) mass is 457 g/mol. The summed E-state index contributed by atoms with van der Waals surface area (Å²) in [6.07, 6.45) is 0.442. The molecule has 0 aliphatic rings. The molecule has 3 rings (SSSR count). The number of ether oxygens (including phenoxy) is 2. The second-order valence-electron chi connectivity index (χ2n) is 7.04. The molecule has 8 heteroatoms. The van der Waals surface area contributed by atoms with Crippen molar-refractivity contribution in [2.24, 2.45) is 5.73 Å². The second-order valence-corrected chi connectivity index (χ2v) is 8.46. The van der Waals surface area contributed by atoms with Gasteiger partial charge in [0.1, 0.15) is 18.4 Å². The molecule has 0 fully saturated rings. The van der Waals surface area contributed by atoms with Gasteiger partial charge in [-0.05, 0) is 48.7 Å². The lowest BCUT2D eigenvalue weighted by molar-refractivity contribution is -0.146. The highest BCUT2D eigenvalue weighted by Crippen LogP contribution is 2.13. The van der Waals surface area contributed by atoms with Crippen LogP contribution < -0.4 is 10.5 Å². The summed E-state index contributed by atoms with van der Waals surface area (Å²) in [5.41, 5.74) is 8.75. The standard InChI is InChI=1S/C17H19NO3.C7H8O3S/c1-20-15-9-7-13(8-10-15)11-16(18)17(19)21-12-14-5-3-2-4-6-14;1-6-2-4-7(5-3-6)11(8,9)10/h2-10,16H,11-12,18H2,1H3;2-5H,1H3,(H,8,9,10)/t16-;/m0./s1. The van der Waals surface area contributed by atoms with Crippen molar-refractivity contribution >= 4 is 16.1 Å². The first-order valence-corrected chi connectivity index (χ1v) is 11.3. The van der Waals surface area contributed by atoms with Crippen molar-refractivity contribution in [2.75, 3.05) is 7.11 Å². The first kappa shape index (κ1) is 25.1. The van der Waals surface area contributed by atoms with Gasteiger partial charge in [0.15, 0.2) is 0 Å². The molecule has 3 N–H and O–H groups in total. The van der Waals surface area contributed by atoms with Gasteiger partial charge in [0.05, 0.1) is 12.0 Å². The van der Waals surface area contributed by atoms with Crippen molar-refractivity contribution in [3.05, 3.63) is 95.6 Å². The van der Waals surface area contributed by atoms with Crippen LogP contribution in [0.3, 0.4) is 0 Å². The van der Waals surface area contributed by atoms with Crippen LogP contribution in [0.15, 0.2) is 83.8 Å². The van der Waals surface area contributed by atoms with Crippen molar-refractivity contribution in [3.8, 4) is 5.75 Å². The summed E-state index contributed by atoms with van der Waals surface area (Å²) in [6.45, 7) is 2.09. The van der Waals surface area contributed by atoms with Gasteiger partial charge in [-0.15, -0.1) is 0 Å². The van der Waals surface area contributed by atoms with Gasteiger partial charge in [-0.3, -0.25) is 9.35 Å². The van der Waals surface area contributed by atoms with Gasteiger partial charge in [0.25, 0.3) is 10.1 Å². The summed E-state index contributed by atoms with van der Waals surface area (Å²) >= 11 is 0. The fourth-order valence-electron chi connectivity index (χ4n) is 2.64. The molecule has 0 amide bonds. The molecule has 32 heavy (non-hydrogen) atoms. The fraction of sp³-hybridized carbons (Fsp3) is 0.208. The number of carbonyl (C=O) groups is 1. The van der Waals surface area contributed by atoms with E-state index in [0.717, 1.165) is 22.4 Å². The molecule has 0 saturated carbocycles. The molecule has 0 aliphatic heterocycles. The molecule has 3 aromatic rings. The minimum atomic E-state index is -4.02. The molecular weight excluding hydrogens is 430 g/mol. The maximum absolute atomic E-state index is 11.9. The van der Waals surface area contributed by atoms with Crippen LogP contribution in [0.25, 0.3) is 0 Å². The van der Waals surface area contributed by atoms with E-state index >= 15 is 0 Å². The minimum Gasteiger partial charge on any atom is -0.497 e. The molecule has 0 radical (unpaired) electrons. The van der Waals surface area contributed by atoms with Crippen LogP contribution >= 0.6 is 0 Å². The average Bonchev–Trinajstić information content (AvgIpc) is 2.78. The number of aryl methyl sites for hydroxylation is 1. The van der Waals surface area contributed by atoms with E-state index in [1.807, 2.05) is 61.5 Å². The molecule has 0 unspecified atom stereocenters. The van der Waals surface area contributed by atoms with Crippen LogP contribution in [-0.4, -0.2) is 32.1 Å². The molecule has 0 bridgehead atoms. The third-order valence-corrected chi connectivity index (χ3v) is 5.33. The lowest BCUT2D eigenvalue weighted by atomic mass is 10.1. The van der Waals surface area contributed by atoms with Gasteiger partial charge < -0.3 is 15.2 Å². The normalized spacial score (nSPS) is 11.6. The number of benzene rings is 3. The van der Waals surface area contributed by atoms with E-state index in [1.165, 1.54) is 12.1 Å². The molecule has 7 nitrogen and oxygen atoms in total. The average molecular weight is 458 g/mol.